The lowest BCUT2D eigenvalue weighted by molar-refractivity contribution is 0.574. The Morgan fingerprint density at radius 2 is 1.33 bits per heavy atom. The van der Waals surface area contributed by atoms with E-state index in [1.807, 2.05) is 0 Å². The van der Waals surface area contributed by atoms with Gasteiger partial charge in [0.05, 0.1) is 0 Å². The van der Waals surface area contributed by atoms with Gasteiger partial charge in [-0.25, -0.2) is 16.8 Å². The van der Waals surface area contributed by atoms with E-state index in [2.05, 4.69) is 0 Å². The first-order valence-electron chi connectivity index (χ1n) is 5.80. The molecule has 0 amide bonds. The lowest BCUT2D eigenvalue weighted by atomic mass is 10.2. The van der Waals surface area contributed by atoms with Crippen molar-refractivity contribution >= 4 is 19.7 Å². The van der Waals surface area contributed by atoms with Gasteiger partial charge in [0.1, 0.15) is 0 Å². The van der Waals surface area contributed by atoms with E-state index >= 15 is 0 Å². The molecule has 0 heterocycles. The highest BCUT2D eigenvalue weighted by molar-refractivity contribution is 8.09. The zero-order chi connectivity index (χ0) is 13.8. The maximum absolute atomic E-state index is 11.9. The van der Waals surface area contributed by atoms with E-state index < -0.39 is 24.3 Å². The number of hydrogen-bond acceptors (Lipinski definition) is 4. The first-order chi connectivity index (χ1) is 8.33. The molecule has 0 N–H and O–H groups in total. The second-order valence-corrected chi connectivity index (χ2v) is 9.26. The van der Waals surface area contributed by atoms with Gasteiger partial charge in [-0.05, 0) is 5.56 Å². The fourth-order valence-electron chi connectivity index (χ4n) is 1.66. The number of sulfone groups is 2. The second-order valence-electron chi connectivity index (χ2n) is 4.02. The van der Waals surface area contributed by atoms with Gasteiger partial charge >= 0.3 is 0 Å². The van der Waals surface area contributed by atoms with Crippen LogP contribution in [0.4, 0.5) is 0 Å². The molecule has 4 nitrogen and oxygen atoms in total. The topological polar surface area (TPSA) is 68.3 Å². The van der Waals surface area contributed by atoms with Gasteiger partial charge in [-0.3, -0.25) is 0 Å². The zero-order valence-electron chi connectivity index (χ0n) is 10.5. The van der Waals surface area contributed by atoms with Crippen LogP contribution in [0.3, 0.4) is 0 Å². The molecule has 0 radical (unpaired) electrons. The van der Waals surface area contributed by atoms with Crippen molar-refractivity contribution in [3.63, 3.8) is 0 Å². The molecular weight excluding hydrogens is 272 g/mol. The molecule has 0 unspecified atom stereocenters. The predicted molar refractivity (Wildman–Crippen MR) is 72.9 cm³/mol. The Kier molecular flexibility index (Phi) is 4.92. The molecule has 18 heavy (non-hydrogen) atoms. The molecule has 1 aromatic carbocycles. The number of benzene rings is 1. The fourth-order valence-corrected chi connectivity index (χ4v) is 5.90. The average molecular weight is 290 g/mol. The number of hydrogen-bond donors (Lipinski definition) is 0. The van der Waals surface area contributed by atoms with Gasteiger partial charge in [-0.15, -0.1) is 0 Å². The molecular formula is C12H18O4S2. The monoisotopic (exact) mass is 290 g/mol. The molecule has 0 fully saturated rings. The van der Waals surface area contributed by atoms with E-state index in [1.54, 1.807) is 30.3 Å². The first kappa shape index (κ1) is 15.2. The maximum atomic E-state index is 11.9. The third kappa shape index (κ3) is 3.55. The summed E-state index contributed by atoms with van der Waals surface area (Å²) in [5.74, 6) is -0.326. The molecule has 1 aromatic rings. The van der Waals surface area contributed by atoms with Gasteiger partial charge in [-0.2, -0.15) is 0 Å². The Hall–Kier alpha value is -0.880. The van der Waals surface area contributed by atoms with Crippen LogP contribution in [0.5, 0.6) is 0 Å². The van der Waals surface area contributed by atoms with Crippen molar-refractivity contribution in [3.8, 4) is 0 Å². The summed E-state index contributed by atoms with van der Waals surface area (Å²) in [5, 5.41) is 0. The van der Waals surface area contributed by atoms with Crippen molar-refractivity contribution in [3.05, 3.63) is 35.9 Å². The smallest absolute Gasteiger partial charge is 0.167 e. The van der Waals surface area contributed by atoms with Crippen LogP contribution in [-0.4, -0.2) is 32.9 Å². The van der Waals surface area contributed by atoms with E-state index in [9.17, 15) is 16.8 Å². The largest absolute Gasteiger partial charge is 0.227 e. The molecule has 1 rings (SSSR count). The van der Waals surface area contributed by atoms with Gasteiger partial charge in [0.25, 0.3) is 0 Å². The Morgan fingerprint density at radius 3 is 1.72 bits per heavy atom. The highest BCUT2D eigenvalue weighted by Crippen LogP contribution is 2.17. The van der Waals surface area contributed by atoms with Crippen molar-refractivity contribution in [2.45, 2.75) is 24.9 Å². The molecule has 0 aliphatic rings. The SMILES string of the molecule is CCS(=O)(=O)C(Cc1ccccc1)S(=O)(=O)CC. The van der Waals surface area contributed by atoms with E-state index in [-0.39, 0.29) is 17.9 Å². The molecule has 102 valence electrons. The molecule has 0 bridgehead atoms. The minimum Gasteiger partial charge on any atom is -0.227 e. The van der Waals surface area contributed by atoms with Gasteiger partial charge in [0, 0.05) is 17.9 Å². The molecule has 6 heteroatoms. The zero-order valence-corrected chi connectivity index (χ0v) is 12.2. The minimum atomic E-state index is -3.62. The normalized spacial score (nSPS) is 12.8. The third-order valence-corrected chi connectivity index (χ3v) is 8.16. The molecule has 0 aromatic heterocycles. The second kappa shape index (κ2) is 5.84. The standard InChI is InChI=1S/C12H18O4S2/c1-3-17(13,14)12(18(15,16)4-2)10-11-8-6-5-7-9-11/h5-9,12H,3-4,10H2,1-2H3. The summed E-state index contributed by atoms with van der Waals surface area (Å²) >= 11 is 0. The highest BCUT2D eigenvalue weighted by atomic mass is 32.3. The summed E-state index contributed by atoms with van der Waals surface area (Å²) in [6.45, 7) is 2.94. The maximum Gasteiger partial charge on any atom is 0.167 e. The van der Waals surface area contributed by atoms with Crippen molar-refractivity contribution < 1.29 is 16.8 Å². The van der Waals surface area contributed by atoms with Crippen LogP contribution >= 0.6 is 0 Å². The number of rotatable bonds is 6. The van der Waals surface area contributed by atoms with Crippen LogP contribution in [0.15, 0.2) is 30.3 Å². The van der Waals surface area contributed by atoms with Crippen molar-refractivity contribution in [2.75, 3.05) is 11.5 Å². The molecule has 0 atom stereocenters. The van der Waals surface area contributed by atoms with Crippen LogP contribution in [0, 0.1) is 0 Å². The average Bonchev–Trinajstić information content (AvgIpc) is 2.37. The van der Waals surface area contributed by atoms with Crippen molar-refractivity contribution in [1.82, 2.24) is 0 Å². The molecule has 0 saturated heterocycles. The van der Waals surface area contributed by atoms with E-state index in [0.717, 1.165) is 5.56 Å². The van der Waals surface area contributed by atoms with Crippen LogP contribution in [0.1, 0.15) is 19.4 Å². The van der Waals surface area contributed by atoms with Gasteiger partial charge in [0.2, 0.25) is 0 Å². The Morgan fingerprint density at radius 1 is 0.889 bits per heavy atom. The van der Waals surface area contributed by atoms with Crippen LogP contribution in [0.25, 0.3) is 0 Å². The van der Waals surface area contributed by atoms with Crippen molar-refractivity contribution in [1.29, 1.82) is 0 Å². The van der Waals surface area contributed by atoms with E-state index in [1.165, 1.54) is 13.8 Å². The molecule has 0 saturated carbocycles. The van der Waals surface area contributed by atoms with Crippen LogP contribution in [-0.2, 0) is 26.1 Å². The molecule has 0 aliphatic heterocycles. The lowest BCUT2D eigenvalue weighted by Gasteiger charge is -2.16. The summed E-state index contributed by atoms with van der Waals surface area (Å²) in [7, 11) is -7.23. The highest BCUT2D eigenvalue weighted by Gasteiger charge is 2.35. The van der Waals surface area contributed by atoms with E-state index in [4.69, 9.17) is 0 Å². The first-order valence-corrected chi connectivity index (χ1v) is 9.23. The molecule has 0 spiro atoms. The summed E-state index contributed by atoms with van der Waals surface area (Å²) in [4.78, 5) is 0. The summed E-state index contributed by atoms with van der Waals surface area (Å²) in [6, 6.07) is 8.82. The minimum absolute atomic E-state index is 0.0210. The summed E-state index contributed by atoms with van der Waals surface area (Å²) < 4.78 is 46.4. The molecule has 0 aliphatic carbocycles. The summed E-state index contributed by atoms with van der Waals surface area (Å²) in [6.07, 6.45) is 0.0210. The van der Waals surface area contributed by atoms with Gasteiger partial charge in [0.15, 0.2) is 24.3 Å². The Bertz CT molecular complexity index is 540. The van der Waals surface area contributed by atoms with E-state index in [0.29, 0.717) is 0 Å². The quantitative estimate of drug-likeness (QED) is 0.794. The third-order valence-electron chi connectivity index (χ3n) is 2.85. The van der Waals surface area contributed by atoms with Crippen LogP contribution < -0.4 is 0 Å². The fraction of sp³-hybridized carbons (Fsp3) is 0.500. The Balaban J connectivity index is 3.16. The van der Waals surface area contributed by atoms with Gasteiger partial charge < -0.3 is 0 Å². The van der Waals surface area contributed by atoms with Crippen molar-refractivity contribution in [2.24, 2.45) is 0 Å². The van der Waals surface area contributed by atoms with Gasteiger partial charge in [-0.1, -0.05) is 44.2 Å². The Labute approximate surface area is 109 Å². The predicted octanol–water partition coefficient (Wildman–Crippen LogP) is 1.42. The lowest BCUT2D eigenvalue weighted by Crippen LogP contribution is -2.34. The van der Waals surface area contributed by atoms with Crippen LogP contribution in [0.2, 0.25) is 0 Å². The summed E-state index contributed by atoms with van der Waals surface area (Å²) in [5.41, 5.74) is 0.719.